The molecule has 0 fully saturated rings. The molecule has 1 atom stereocenters. The lowest BCUT2D eigenvalue weighted by atomic mass is 10.2. The molecule has 158 valence electrons. The summed E-state index contributed by atoms with van der Waals surface area (Å²) in [5.74, 6) is 1.77. The van der Waals surface area contributed by atoms with Crippen LogP contribution >= 0.6 is 11.6 Å². The number of nitrogen functional groups attached to an aromatic ring is 1. The van der Waals surface area contributed by atoms with E-state index in [0.29, 0.717) is 29.0 Å². The number of nitrogens with two attached hydrogens (primary N) is 1. The fourth-order valence-corrected chi connectivity index (χ4v) is 3.25. The summed E-state index contributed by atoms with van der Waals surface area (Å²) in [4.78, 5) is 9.36. The molecule has 1 aliphatic heterocycles. The van der Waals surface area contributed by atoms with Crippen LogP contribution in [0.4, 0.5) is 34.6 Å². The fourth-order valence-electron chi connectivity index (χ4n) is 3.01. The molecule has 2 heterocycles. The Hall–Kier alpha value is -2.49. The SMILES string of the molecule is CC(O)CNc1nc(Nc2cc(N)cc(Cl)c2)c2c(n1)N(C(C)C)NN2C(C)C. The maximum absolute atomic E-state index is 9.63. The van der Waals surface area contributed by atoms with Crippen molar-refractivity contribution in [2.24, 2.45) is 0 Å². The van der Waals surface area contributed by atoms with Gasteiger partial charge < -0.3 is 21.5 Å². The number of aliphatic hydroxyl groups excluding tert-OH is 1. The van der Waals surface area contributed by atoms with Crippen molar-refractivity contribution in [1.82, 2.24) is 15.5 Å². The van der Waals surface area contributed by atoms with Crippen LogP contribution in [-0.4, -0.2) is 39.8 Å². The van der Waals surface area contributed by atoms with Gasteiger partial charge >= 0.3 is 0 Å². The second-order valence-corrected chi connectivity index (χ2v) is 8.16. The molecule has 10 heteroatoms. The van der Waals surface area contributed by atoms with Crippen molar-refractivity contribution < 1.29 is 5.11 Å². The molecule has 0 aliphatic carbocycles. The third-order valence-electron chi connectivity index (χ3n) is 4.32. The van der Waals surface area contributed by atoms with E-state index in [1.807, 2.05) is 10.0 Å². The lowest BCUT2D eigenvalue weighted by Gasteiger charge is -2.27. The molecule has 1 unspecified atom stereocenters. The normalized spacial score (nSPS) is 14.5. The molecule has 0 radical (unpaired) electrons. The molecule has 29 heavy (non-hydrogen) atoms. The molecule has 0 saturated carbocycles. The summed E-state index contributed by atoms with van der Waals surface area (Å²) in [6.45, 7) is 10.4. The summed E-state index contributed by atoms with van der Waals surface area (Å²) in [5, 5.41) is 20.6. The minimum absolute atomic E-state index is 0.155. The smallest absolute Gasteiger partial charge is 0.226 e. The van der Waals surface area contributed by atoms with Gasteiger partial charge in [-0.25, -0.2) is 0 Å². The average Bonchev–Trinajstić information content (AvgIpc) is 2.99. The highest BCUT2D eigenvalue weighted by atomic mass is 35.5. The van der Waals surface area contributed by atoms with Gasteiger partial charge in [0.1, 0.15) is 5.69 Å². The average molecular weight is 421 g/mol. The summed E-state index contributed by atoms with van der Waals surface area (Å²) in [6, 6.07) is 5.59. The number of hydrazine groups is 2. The lowest BCUT2D eigenvalue weighted by molar-refractivity contribution is 0.208. The van der Waals surface area contributed by atoms with Crippen LogP contribution in [0.3, 0.4) is 0 Å². The Morgan fingerprint density at radius 1 is 1.10 bits per heavy atom. The molecule has 0 spiro atoms. The number of aromatic nitrogens is 2. The quantitative estimate of drug-likeness (QED) is 0.431. The van der Waals surface area contributed by atoms with Gasteiger partial charge in [0.25, 0.3) is 0 Å². The number of nitrogens with one attached hydrogen (secondary N) is 3. The van der Waals surface area contributed by atoms with E-state index >= 15 is 0 Å². The van der Waals surface area contributed by atoms with Gasteiger partial charge in [0.05, 0.1) is 6.10 Å². The molecule has 0 bridgehead atoms. The number of rotatable bonds is 7. The van der Waals surface area contributed by atoms with Crippen LogP contribution in [-0.2, 0) is 0 Å². The first-order valence-electron chi connectivity index (χ1n) is 9.67. The molecular weight excluding hydrogens is 392 g/mol. The van der Waals surface area contributed by atoms with Crippen molar-refractivity contribution in [2.45, 2.75) is 52.8 Å². The molecule has 6 N–H and O–H groups in total. The third kappa shape index (κ3) is 4.75. The molecule has 9 nitrogen and oxygen atoms in total. The second-order valence-electron chi connectivity index (χ2n) is 7.72. The Morgan fingerprint density at radius 2 is 1.79 bits per heavy atom. The minimum Gasteiger partial charge on any atom is -0.399 e. The second kappa shape index (κ2) is 8.48. The monoisotopic (exact) mass is 420 g/mol. The third-order valence-corrected chi connectivity index (χ3v) is 4.54. The maximum atomic E-state index is 9.63. The first kappa shape index (κ1) is 21.2. The highest BCUT2D eigenvalue weighted by Gasteiger charge is 2.34. The Kier molecular flexibility index (Phi) is 6.21. The summed E-state index contributed by atoms with van der Waals surface area (Å²) < 4.78 is 0. The van der Waals surface area contributed by atoms with E-state index in [1.54, 1.807) is 25.1 Å². The number of fused-ring (bicyclic) bond motifs is 1. The molecule has 1 aromatic heterocycles. The topological polar surface area (TPSA) is 115 Å². The van der Waals surface area contributed by atoms with E-state index in [0.717, 1.165) is 17.2 Å². The van der Waals surface area contributed by atoms with Crippen LogP contribution in [0.15, 0.2) is 18.2 Å². The molecule has 1 aliphatic rings. The summed E-state index contributed by atoms with van der Waals surface area (Å²) >= 11 is 6.17. The van der Waals surface area contributed by atoms with Crippen LogP contribution in [0, 0.1) is 0 Å². The van der Waals surface area contributed by atoms with E-state index in [4.69, 9.17) is 22.3 Å². The van der Waals surface area contributed by atoms with Gasteiger partial charge in [0.15, 0.2) is 11.6 Å². The predicted octanol–water partition coefficient (Wildman–Crippen LogP) is 3.11. The minimum atomic E-state index is -0.525. The number of aliphatic hydroxyl groups is 1. The van der Waals surface area contributed by atoms with Crippen molar-refractivity contribution in [3.8, 4) is 0 Å². The van der Waals surface area contributed by atoms with E-state index in [1.165, 1.54) is 0 Å². The highest BCUT2D eigenvalue weighted by molar-refractivity contribution is 6.31. The van der Waals surface area contributed by atoms with Crippen LogP contribution in [0.1, 0.15) is 34.6 Å². The fraction of sp³-hybridized carbons (Fsp3) is 0.474. The van der Waals surface area contributed by atoms with Gasteiger partial charge in [-0.05, 0) is 52.8 Å². The zero-order valence-electron chi connectivity index (χ0n) is 17.4. The molecule has 3 rings (SSSR count). The van der Waals surface area contributed by atoms with Gasteiger partial charge in [0.2, 0.25) is 5.95 Å². The van der Waals surface area contributed by atoms with Crippen molar-refractivity contribution >= 4 is 46.2 Å². The Labute approximate surface area is 176 Å². The van der Waals surface area contributed by atoms with Crippen LogP contribution in [0.2, 0.25) is 5.02 Å². The van der Waals surface area contributed by atoms with Crippen molar-refractivity contribution in [3.63, 3.8) is 0 Å². The van der Waals surface area contributed by atoms with Gasteiger partial charge in [-0.15, -0.1) is 5.53 Å². The summed E-state index contributed by atoms with van der Waals surface area (Å²) in [5.41, 5.74) is 11.4. The maximum Gasteiger partial charge on any atom is 0.226 e. The molecular formula is C19H29ClN8O. The van der Waals surface area contributed by atoms with Crippen LogP contribution in [0.25, 0.3) is 0 Å². The summed E-state index contributed by atoms with van der Waals surface area (Å²) in [7, 11) is 0. The number of anilines is 6. The van der Waals surface area contributed by atoms with Gasteiger partial charge in [-0.1, -0.05) is 11.6 Å². The summed E-state index contributed by atoms with van der Waals surface area (Å²) in [6.07, 6.45) is -0.525. The predicted molar refractivity (Wildman–Crippen MR) is 120 cm³/mol. The number of nitrogens with zero attached hydrogens (tertiary/aromatic N) is 4. The van der Waals surface area contributed by atoms with Gasteiger partial charge in [-0.2, -0.15) is 9.97 Å². The number of halogens is 1. The largest absolute Gasteiger partial charge is 0.399 e. The van der Waals surface area contributed by atoms with E-state index in [9.17, 15) is 5.11 Å². The number of benzene rings is 1. The zero-order chi connectivity index (χ0) is 21.3. The standard InChI is InChI=1S/C19H29ClN8O/c1-10(2)27-16-17(23-15-7-13(20)6-14(21)8-15)24-19(22-9-12(5)29)25-18(16)28(26-27)11(3)4/h6-8,10-12,26,29H,9,21H2,1-5H3,(H2,22,23,24,25). The first-order chi connectivity index (χ1) is 13.7. The number of hydrogen-bond acceptors (Lipinski definition) is 9. The van der Waals surface area contributed by atoms with Crippen molar-refractivity contribution in [2.75, 3.05) is 32.9 Å². The molecule has 1 aromatic carbocycles. The Bertz CT molecular complexity index is 853. The van der Waals surface area contributed by atoms with Crippen molar-refractivity contribution in [1.29, 1.82) is 0 Å². The van der Waals surface area contributed by atoms with E-state index < -0.39 is 6.10 Å². The Morgan fingerprint density at radius 3 is 2.38 bits per heavy atom. The van der Waals surface area contributed by atoms with Crippen LogP contribution < -0.4 is 31.9 Å². The molecule has 0 amide bonds. The van der Waals surface area contributed by atoms with Crippen molar-refractivity contribution in [3.05, 3.63) is 23.2 Å². The Balaban J connectivity index is 2.10. The van der Waals surface area contributed by atoms with Gasteiger partial charge in [-0.3, -0.25) is 10.0 Å². The highest BCUT2D eigenvalue weighted by Crippen LogP contribution is 2.41. The first-order valence-corrected chi connectivity index (χ1v) is 10.0. The van der Waals surface area contributed by atoms with E-state index in [2.05, 4.69) is 48.8 Å². The lowest BCUT2D eigenvalue weighted by Crippen LogP contribution is -2.50. The molecule has 2 aromatic rings. The van der Waals surface area contributed by atoms with Gasteiger partial charge in [0, 0.05) is 35.0 Å². The van der Waals surface area contributed by atoms with E-state index in [-0.39, 0.29) is 12.1 Å². The number of hydrogen-bond donors (Lipinski definition) is 5. The zero-order valence-corrected chi connectivity index (χ0v) is 18.1. The van der Waals surface area contributed by atoms with Crippen LogP contribution in [0.5, 0.6) is 0 Å². The molecule has 0 saturated heterocycles.